The van der Waals surface area contributed by atoms with Crippen LogP contribution < -0.4 is 0 Å². The molecule has 3 saturated heterocycles. The molecule has 4 aliphatic rings. The largest absolute Gasteiger partial charge is 0.508 e. The van der Waals surface area contributed by atoms with Gasteiger partial charge in [-0.3, -0.25) is 9.59 Å². The SMILES string of the molecule is CCC(=O)C(CC(C)N1CCCCC1)(c1ccccc1)c1ccccc1.CCN(C)C(C)C=C(c1cccs1)c1cccs1.CCOC(=O)C1(c2ccccc2)CCCN(C)CC1.CN1CC[C@]2(C)C[C@@H](Cc3ccc(O)cc32)C1. The monoisotopic (exact) mass is 1120 g/mol. The molecule has 2 bridgehead atoms. The molecule has 8 nitrogen and oxygen atoms in total. The van der Waals surface area contributed by atoms with E-state index >= 15 is 0 Å². The first kappa shape index (κ1) is 62.4. The van der Waals surface area contributed by atoms with E-state index < -0.39 is 10.8 Å². The van der Waals surface area contributed by atoms with Crippen molar-refractivity contribution < 1.29 is 19.4 Å². The van der Waals surface area contributed by atoms with Crippen LogP contribution in [0.2, 0.25) is 0 Å². The number of ketones is 1. The molecule has 3 unspecified atom stereocenters. The number of phenols is 1. The Morgan fingerprint density at radius 2 is 1.34 bits per heavy atom. The van der Waals surface area contributed by atoms with Gasteiger partial charge in [0.25, 0.3) is 0 Å². The highest BCUT2D eigenvalue weighted by molar-refractivity contribution is 7.13. The Labute approximate surface area is 489 Å². The van der Waals surface area contributed by atoms with Gasteiger partial charge in [-0.05, 0) is 213 Å². The van der Waals surface area contributed by atoms with Crippen LogP contribution in [0.3, 0.4) is 0 Å². The third kappa shape index (κ3) is 15.9. The van der Waals surface area contributed by atoms with Gasteiger partial charge in [-0.2, -0.15) is 0 Å². The summed E-state index contributed by atoms with van der Waals surface area (Å²) >= 11 is 3.62. The molecule has 10 heteroatoms. The lowest BCUT2D eigenvalue weighted by Crippen LogP contribution is -2.46. The number of piperidine rings is 1. The zero-order valence-electron chi connectivity index (χ0n) is 49.9. The van der Waals surface area contributed by atoms with E-state index in [9.17, 15) is 14.7 Å². The minimum atomic E-state index is -0.561. The first-order chi connectivity index (χ1) is 38.7. The lowest BCUT2D eigenvalue weighted by atomic mass is 9.66. The number of aromatic hydroxyl groups is 1. The van der Waals surface area contributed by atoms with Crippen molar-refractivity contribution in [1.82, 2.24) is 19.6 Å². The third-order valence-corrected chi connectivity index (χ3v) is 19.6. The first-order valence-electron chi connectivity index (χ1n) is 30.0. The second kappa shape index (κ2) is 30.2. The number of benzene rings is 4. The van der Waals surface area contributed by atoms with E-state index in [1.165, 1.54) is 78.1 Å². The number of esters is 1. The molecule has 10 rings (SSSR count). The number of hydrogen-bond acceptors (Lipinski definition) is 10. The smallest absolute Gasteiger partial charge is 0.316 e. The Morgan fingerprint density at radius 1 is 0.738 bits per heavy atom. The van der Waals surface area contributed by atoms with Crippen molar-refractivity contribution in [1.29, 1.82) is 0 Å². The molecular weight excluding hydrogens is 1020 g/mol. The molecule has 5 atom stereocenters. The standard InChI is InChI=1S/C24H31NO.C16H23NO2.C15H21NO.C15H19NS2/c1-3-23(26)24(21-13-7-4-8-14-21,22-15-9-5-10-16-22)19-20(2)25-17-11-6-12-18-25;1-3-19-15(18)16(14-8-5-4-6-9-14)10-7-12-17(2)13-11-16;1-15-5-6-16(2)10-11(9-15)7-12-3-4-13(17)8-14(12)15;1-4-16(3)12(2)11-13(14-7-5-9-17-14)15-8-6-10-18-15/h4-5,7-10,13-16,20H,3,6,11-12,17-19H2,1-2H3;4-6,8-9H,3,7,10-13H2,1-2H3;3-4,8,11,17H,5-7,9-10H2,1-2H3;5-12H,4H2,1-3H3/t;;11-,15-;/m..1./s1. The van der Waals surface area contributed by atoms with E-state index in [-0.39, 0.29) is 11.4 Å². The molecule has 1 N–H and O–H groups in total. The number of rotatable bonds is 15. The summed E-state index contributed by atoms with van der Waals surface area (Å²) in [5.74, 6) is 1.46. The van der Waals surface area contributed by atoms with Gasteiger partial charge >= 0.3 is 5.97 Å². The summed E-state index contributed by atoms with van der Waals surface area (Å²) in [6, 6.07) is 46.4. The second-order valence-corrected chi connectivity index (χ2v) is 25.3. The molecule has 0 amide bonds. The zero-order valence-corrected chi connectivity index (χ0v) is 51.5. The van der Waals surface area contributed by atoms with Crippen LogP contribution in [0.15, 0.2) is 150 Å². The Morgan fingerprint density at radius 3 is 1.90 bits per heavy atom. The molecule has 3 aliphatic heterocycles. The molecule has 0 spiro atoms. The fourth-order valence-corrected chi connectivity index (χ4v) is 14.6. The van der Waals surface area contributed by atoms with E-state index in [0.717, 1.165) is 81.0 Å². The Kier molecular flexibility index (Phi) is 23.6. The normalized spacial score (nSPS) is 21.2. The highest BCUT2D eigenvalue weighted by atomic mass is 32.1. The Bertz CT molecular complexity index is 2720. The van der Waals surface area contributed by atoms with Crippen molar-refractivity contribution in [3.05, 3.63) is 188 Å². The van der Waals surface area contributed by atoms with Crippen LogP contribution in [0, 0.1) is 5.92 Å². The number of thiophene rings is 2. The van der Waals surface area contributed by atoms with Gasteiger partial charge in [-0.15, -0.1) is 22.7 Å². The van der Waals surface area contributed by atoms with E-state index in [4.69, 9.17) is 4.74 Å². The number of phenolic OH excluding ortho intramolecular Hbond substituents is 1. The zero-order chi connectivity index (χ0) is 57.1. The van der Waals surface area contributed by atoms with Crippen molar-refractivity contribution in [3.63, 3.8) is 0 Å². The third-order valence-electron chi connectivity index (χ3n) is 17.8. The maximum absolute atomic E-state index is 13.4. The molecule has 0 radical (unpaired) electrons. The van der Waals surface area contributed by atoms with Gasteiger partial charge in [-0.25, -0.2) is 0 Å². The molecule has 1 aliphatic carbocycles. The van der Waals surface area contributed by atoms with Crippen LogP contribution >= 0.6 is 22.7 Å². The fraction of sp³-hybridized carbons (Fsp3) is 0.486. The van der Waals surface area contributed by atoms with Gasteiger partial charge in [0.2, 0.25) is 0 Å². The number of ether oxygens (including phenoxy) is 1. The van der Waals surface area contributed by atoms with Gasteiger partial charge < -0.3 is 29.4 Å². The predicted molar refractivity (Wildman–Crippen MR) is 337 cm³/mol. The average Bonchev–Trinajstić information content (AvgIpc) is 4.21. The number of likely N-dealkylation sites (tertiary alicyclic amines) is 3. The van der Waals surface area contributed by atoms with Gasteiger partial charge in [0.1, 0.15) is 11.5 Å². The van der Waals surface area contributed by atoms with Gasteiger partial charge in [0.05, 0.1) is 17.4 Å². The van der Waals surface area contributed by atoms with Crippen LogP contribution in [-0.4, -0.2) is 122 Å². The quantitative estimate of drug-likeness (QED) is 0.102. The van der Waals surface area contributed by atoms with E-state index in [1.54, 1.807) is 0 Å². The predicted octanol–water partition coefficient (Wildman–Crippen LogP) is 14.9. The number of likely N-dealkylation sites (N-methyl/N-ethyl adjacent to an activating group) is 1. The highest BCUT2D eigenvalue weighted by Crippen LogP contribution is 2.46. The van der Waals surface area contributed by atoms with Crippen LogP contribution in [-0.2, 0) is 37.0 Å². The number of carbonyl (C=O) groups excluding carboxylic acids is 2. The van der Waals surface area contributed by atoms with Crippen molar-refractivity contribution in [2.45, 2.75) is 141 Å². The molecule has 3 fully saturated rings. The average molecular weight is 1120 g/mol. The second-order valence-electron chi connectivity index (χ2n) is 23.4. The first-order valence-corrected chi connectivity index (χ1v) is 31.7. The van der Waals surface area contributed by atoms with Gasteiger partial charge in [0.15, 0.2) is 0 Å². The highest BCUT2D eigenvalue weighted by Gasteiger charge is 2.44. The fourth-order valence-electron chi connectivity index (χ4n) is 13.0. The molecular formula is C70H94N4O4S2. The summed E-state index contributed by atoms with van der Waals surface area (Å²) < 4.78 is 5.37. The lowest BCUT2D eigenvalue weighted by Gasteiger charge is -2.40. The van der Waals surface area contributed by atoms with Crippen LogP contribution in [0.4, 0.5) is 0 Å². The summed E-state index contributed by atoms with van der Waals surface area (Å²) in [6.45, 7) is 21.2. The van der Waals surface area contributed by atoms with Crippen molar-refractivity contribution in [2.24, 2.45) is 5.92 Å². The van der Waals surface area contributed by atoms with Crippen molar-refractivity contribution in [3.8, 4) is 5.75 Å². The molecule has 0 saturated carbocycles. The number of fused-ring (bicyclic) bond motifs is 4. The van der Waals surface area contributed by atoms with Gasteiger partial charge in [-0.1, -0.05) is 142 Å². The maximum Gasteiger partial charge on any atom is 0.316 e. The van der Waals surface area contributed by atoms with Crippen molar-refractivity contribution >= 4 is 40.0 Å². The minimum absolute atomic E-state index is 0.0588. The number of carbonyl (C=O) groups is 2. The summed E-state index contributed by atoms with van der Waals surface area (Å²) in [5.41, 5.74) is 6.82. The molecule has 5 heterocycles. The summed E-state index contributed by atoms with van der Waals surface area (Å²) in [7, 11) is 6.51. The molecule has 430 valence electrons. The Hall–Kier alpha value is -5.20. The van der Waals surface area contributed by atoms with Crippen molar-refractivity contribution in [2.75, 3.05) is 73.6 Å². The van der Waals surface area contributed by atoms with E-state index in [2.05, 4.69) is 176 Å². The summed E-state index contributed by atoms with van der Waals surface area (Å²) in [4.78, 5) is 38.4. The van der Waals surface area contributed by atoms with E-state index in [1.807, 2.05) is 79.0 Å². The van der Waals surface area contributed by atoms with Crippen LogP contribution in [0.1, 0.15) is 143 Å². The van der Waals surface area contributed by atoms with Crippen LogP contribution in [0.25, 0.3) is 5.57 Å². The van der Waals surface area contributed by atoms with E-state index in [0.29, 0.717) is 36.6 Å². The lowest BCUT2D eigenvalue weighted by molar-refractivity contribution is -0.150. The molecule has 4 aromatic carbocycles. The summed E-state index contributed by atoms with van der Waals surface area (Å²) in [5, 5.41) is 14.0. The number of hydrogen-bond donors (Lipinski definition) is 1. The minimum Gasteiger partial charge on any atom is -0.508 e. The molecule has 80 heavy (non-hydrogen) atoms. The number of Topliss-reactive ketones (excluding diaryl/α,β-unsaturated/α-hetero) is 1. The number of nitrogens with zero attached hydrogens (tertiary/aromatic N) is 4. The topological polar surface area (TPSA) is 76.6 Å². The molecule has 6 aromatic rings. The molecule has 2 aromatic heterocycles. The Balaban J connectivity index is 0.000000156. The van der Waals surface area contributed by atoms with Crippen LogP contribution in [0.5, 0.6) is 5.75 Å². The summed E-state index contributed by atoms with van der Waals surface area (Å²) in [6.07, 6.45) is 14.0. The maximum atomic E-state index is 13.4. The van der Waals surface area contributed by atoms with Gasteiger partial charge in [0, 0.05) is 40.4 Å².